The van der Waals surface area contributed by atoms with E-state index in [9.17, 15) is 0 Å². The zero-order valence-electron chi connectivity index (χ0n) is 15.0. The largest absolute Gasteiger partial charge is 0.459 e. The Bertz CT molecular complexity index is 1130. The fourth-order valence-corrected chi connectivity index (χ4v) is 3.84. The summed E-state index contributed by atoms with van der Waals surface area (Å²) in [5.74, 6) is 2.15. The van der Waals surface area contributed by atoms with E-state index in [0.717, 1.165) is 27.2 Å². The standard InChI is InChI=1S/C22H17N3O2S/c1-2-7-16(8-3-1)13-25(20-14-26-15-27-20)22-17-9-4-5-10-18(17)23-21(24-22)19-11-6-12-28-19/h1-12,14H,13,15H2. The van der Waals surface area contributed by atoms with Gasteiger partial charge in [0.2, 0.25) is 12.7 Å². The molecular formula is C22H17N3O2S. The lowest BCUT2D eigenvalue weighted by Crippen LogP contribution is -2.24. The molecule has 0 atom stereocenters. The van der Waals surface area contributed by atoms with Crippen LogP contribution in [0.4, 0.5) is 5.82 Å². The highest BCUT2D eigenvalue weighted by Crippen LogP contribution is 2.33. The Balaban J connectivity index is 1.69. The van der Waals surface area contributed by atoms with Gasteiger partial charge in [-0.15, -0.1) is 11.3 Å². The average molecular weight is 387 g/mol. The third-order valence-corrected chi connectivity index (χ3v) is 5.35. The van der Waals surface area contributed by atoms with Crippen LogP contribution in [0, 0.1) is 0 Å². The number of para-hydroxylation sites is 1. The molecule has 2 aromatic carbocycles. The van der Waals surface area contributed by atoms with Crippen LogP contribution in [0.25, 0.3) is 21.6 Å². The van der Waals surface area contributed by atoms with Crippen molar-refractivity contribution in [1.29, 1.82) is 0 Å². The Kier molecular flexibility index (Phi) is 4.39. The van der Waals surface area contributed by atoms with Crippen molar-refractivity contribution < 1.29 is 9.47 Å². The molecule has 1 aliphatic rings. The zero-order valence-corrected chi connectivity index (χ0v) is 15.8. The van der Waals surface area contributed by atoms with Crippen molar-refractivity contribution in [3.8, 4) is 10.7 Å². The lowest BCUT2D eigenvalue weighted by molar-refractivity contribution is 0.0782. The van der Waals surface area contributed by atoms with Crippen molar-refractivity contribution in [2.24, 2.45) is 0 Å². The van der Waals surface area contributed by atoms with Crippen molar-refractivity contribution in [3.05, 3.63) is 89.8 Å². The van der Waals surface area contributed by atoms with Crippen molar-refractivity contribution in [2.75, 3.05) is 11.7 Å². The van der Waals surface area contributed by atoms with Gasteiger partial charge in [0, 0.05) is 5.39 Å². The normalized spacial score (nSPS) is 13.1. The summed E-state index contributed by atoms with van der Waals surface area (Å²) in [6.07, 6.45) is 1.64. The van der Waals surface area contributed by atoms with Gasteiger partial charge in [-0.2, -0.15) is 0 Å². The van der Waals surface area contributed by atoms with Crippen LogP contribution in [0.5, 0.6) is 0 Å². The molecule has 0 bridgehead atoms. The van der Waals surface area contributed by atoms with Crippen molar-refractivity contribution >= 4 is 28.1 Å². The van der Waals surface area contributed by atoms with Gasteiger partial charge >= 0.3 is 0 Å². The van der Waals surface area contributed by atoms with Crippen LogP contribution in [0.3, 0.4) is 0 Å². The molecule has 0 N–H and O–H groups in total. The van der Waals surface area contributed by atoms with Gasteiger partial charge in [-0.25, -0.2) is 9.97 Å². The van der Waals surface area contributed by atoms with Crippen LogP contribution >= 0.6 is 11.3 Å². The number of hydrogen-bond donors (Lipinski definition) is 0. The number of anilines is 1. The molecule has 0 radical (unpaired) electrons. The fraction of sp³-hybridized carbons (Fsp3) is 0.0909. The summed E-state index contributed by atoms with van der Waals surface area (Å²) in [4.78, 5) is 12.8. The van der Waals surface area contributed by atoms with Gasteiger partial charge in [0.15, 0.2) is 5.82 Å². The van der Waals surface area contributed by atoms with Crippen LogP contribution in [0.1, 0.15) is 5.56 Å². The van der Waals surface area contributed by atoms with E-state index < -0.39 is 0 Å². The predicted molar refractivity (Wildman–Crippen MR) is 111 cm³/mol. The number of fused-ring (bicyclic) bond motifs is 1. The molecule has 0 spiro atoms. The number of hydrogen-bond acceptors (Lipinski definition) is 6. The van der Waals surface area contributed by atoms with Gasteiger partial charge in [-0.3, -0.25) is 4.90 Å². The van der Waals surface area contributed by atoms with Crippen molar-refractivity contribution in [1.82, 2.24) is 9.97 Å². The number of ether oxygens (including phenoxy) is 2. The first kappa shape index (κ1) is 16.8. The summed E-state index contributed by atoms with van der Waals surface area (Å²) in [6, 6.07) is 22.3. The van der Waals surface area contributed by atoms with E-state index in [1.807, 2.05) is 64.9 Å². The molecule has 0 saturated carbocycles. The van der Waals surface area contributed by atoms with Gasteiger partial charge in [0.25, 0.3) is 0 Å². The molecule has 28 heavy (non-hydrogen) atoms. The Morgan fingerprint density at radius 1 is 0.929 bits per heavy atom. The third kappa shape index (κ3) is 3.18. The maximum atomic E-state index is 5.73. The summed E-state index contributed by atoms with van der Waals surface area (Å²) in [5, 5.41) is 3.00. The van der Waals surface area contributed by atoms with Crippen LogP contribution in [-0.4, -0.2) is 16.8 Å². The lowest BCUT2D eigenvalue weighted by atomic mass is 10.2. The first-order valence-electron chi connectivity index (χ1n) is 8.95. The molecule has 0 unspecified atom stereocenters. The minimum atomic E-state index is 0.210. The molecule has 1 aliphatic heterocycles. The Morgan fingerprint density at radius 2 is 1.79 bits per heavy atom. The van der Waals surface area contributed by atoms with Crippen molar-refractivity contribution in [3.63, 3.8) is 0 Å². The van der Waals surface area contributed by atoms with E-state index in [1.165, 1.54) is 0 Å². The quantitative estimate of drug-likeness (QED) is 0.473. The molecule has 0 aliphatic carbocycles. The fourth-order valence-electron chi connectivity index (χ4n) is 3.18. The second-order valence-corrected chi connectivity index (χ2v) is 7.27. The monoisotopic (exact) mass is 387 g/mol. The summed E-state index contributed by atoms with van der Waals surface area (Å²) in [6.45, 7) is 0.822. The summed E-state index contributed by atoms with van der Waals surface area (Å²) < 4.78 is 11.1. The van der Waals surface area contributed by atoms with E-state index >= 15 is 0 Å². The lowest BCUT2D eigenvalue weighted by Gasteiger charge is -2.24. The van der Waals surface area contributed by atoms with E-state index in [0.29, 0.717) is 18.3 Å². The maximum absolute atomic E-state index is 5.73. The predicted octanol–water partition coefficient (Wildman–Crippen LogP) is 5.17. The minimum absolute atomic E-state index is 0.210. The maximum Gasteiger partial charge on any atom is 0.234 e. The molecule has 3 heterocycles. The van der Waals surface area contributed by atoms with Crippen molar-refractivity contribution in [2.45, 2.75) is 6.54 Å². The highest BCUT2D eigenvalue weighted by Gasteiger charge is 2.23. The van der Waals surface area contributed by atoms with Gasteiger partial charge in [-0.1, -0.05) is 48.5 Å². The SMILES string of the molecule is C1=C(N(Cc2ccccc2)c2nc(-c3cccs3)nc3ccccc23)OCO1. The molecule has 138 valence electrons. The first-order chi connectivity index (χ1) is 13.9. The second-order valence-electron chi connectivity index (χ2n) is 6.32. The number of thiophene rings is 1. The molecule has 2 aromatic heterocycles. The minimum Gasteiger partial charge on any atom is -0.459 e. The molecule has 0 saturated heterocycles. The first-order valence-corrected chi connectivity index (χ1v) is 9.83. The zero-order chi connectivity index (χ0) is 18.8. The van der Waals surface area contributed by atoms with Gasteiger partial charge < -0.3 is 9.47 Å². The molecule has 5 rings (SSSR count). The number of aromatic nitrogens is 2. The topological polar surface area (TPSA) is 47.5 Å². The molecule has 5 nitrogen and oxygen atoms in total. The highest BCUT2D eigenvalue weighted by molar-refractivity contribution is 7.13. The molecule has 4 aromatic rings. The van der Waals surface area contributed by atoms with Crippen LogP contribution in [0.2, 0.25) is 0 Å². The van der Waals surface area contributed by atoms with E-state index in [-0.39, 0.29) is 6.79 Å². The van der Waals surface area contributed by atoms with Crippen LogP contribution < -0.4 is 4.90 Å². The van der Waals surface area contributed by atoms with Gasteiger partial charge in [0.05, 0.1) is 16.9 Å². The summed E-state index contributed by atoms with van der Waals surface area (Å²) in [7, 11) is 0. The molecule has 0 fully saturated rings. The second kappa shape index (κ2) is 7.32. The smallest absolute Gasteiger partial charge is 0.234 e. The Labute approximate surface area is 166 Å². The Morgan fingerprint density at radius 3 is 2.57 bits per heavy atom. The summed E-state index contributed by atoms with van der Waals surface area (Å²) >= 11 is 1.63. The van der Waals surface area contributed by atoms with Crippen LogP contribution in [-0.2, 0) is 16.0 Å². The average Bonchev–Trinajstić information content (AvgIpc) is 3.46. The van der Waals surface area contributed by atoms with Gasteiger partial charge in [-0.05, 0) is 29.1 Å². The molecular weight excluding hydrogens is 370 g/mol. The van der Waals surface area contributed by atoms with E-state index in [1.54, 1.807) is 17.6 Å². The van der Waals surface area contributed by atoms with Crippen LogP contribution in [0.15, 0.2) is 84.3 Å². The number of benzene rings is 2. The summed E-state index contributed by atoms with van der Waals surface area (Å²) in [5.41, 5.74) is 2.05. The number of nitrogens with zero attached hydrogens (tertiary/aromatic N) is 3. The Hall–Kier alpha value is -3.38. The van der Waals surface area contributed by atoms with E-state index in [4.69, 9.17) is 19.4 Å². The molecule has 0 amide bonds. The highest BCUT2D eigenvalue weighted by atomic mass is 32.1. The number of rotatable bonds is 5. The third-order valence-electron chi connectivity index (χ3n) is 4.49. The van der Waals surface area contributed by atoms with E-state index in [2.05, 4.69) is 12.1 Å². The van der Waals surface area contributed by atoms with Gasteiger partial charge in [0.1, 0.15) is 12.1 Å². The molecule has 6 heteroatoms.